The van der Waals surface area contributed by atoms with Gasteiger partial charge >= 0.3 is 0 Å². The van der Waals surface area contributed by atoms with Crippen molar-refractivity contribution in [2.45, 2.75) is 30.1 Å². The highest BCUT2D eigenvalue weighted by atomic mass is 32.2. The Balaban J connectivity index is 1.90. The molecule has 28 heavy (non-hydrogen) atoms. The standard InChI is InChI=1S/C19H21FN2O5S/c1-14-2-7-17(22(23)24)12-18(14)28(25,26)21-13-19(8-10-27-11-9-19)15-3-5-16(20)6-4-15/h2-7,12,21H,8-11,13H2,1H3. The molecule has 1 saturated heterocycles. The van der Waals surface area contributed by atoms with Crippen molar-refractivity contribution in [2.75, 3.05) is 19.8 Å². The number of ether oxygens (including phenoxy) is 1. The van der Waals surface area contributed by atoms with Gasteiger partial charge in [-0.3, -0.25) is 10.1 Å². The Hall–Kier alpha value is -2.36. The molecule has 9 heteroatoms. The van der Waals surface area contributed by atoms with Crippen LogP contribution in [0.2, 0.25) is 0 Å². The summed E-state index contributed by atoms with van der Waals surface area (Å²) in [5, 5.41) is 11.0. The average molecular weight is 408 g/mol. The van der Waals surface area contributed by atoms with Crippen LogP contribution in [0.25, 0.3) is 0 Å². The Labute approximate surface area is 162 Å². The van der Waals surface area contributed by atoms with Gasteiger partial charge in [0.1, 0.15) is 5.82 Å². The predicted octanol–water partition coefficient (Wildman–Crippen LogP) is 3.07. The Morgan fingerprint density at radius 3 is 2.43 bits per heavy atom. The highest BCUT2D eigenvalue weighted by Crippen LogP contribution is 2.35. The molecule has 3 rings (SSSR count). The maximum Gasteiger partial charge on any atom is 0.270 e. The number of benzene rings is 2. The monoisotopic (exact) mass is 408 g/mol. The molecule has 1 fully saturated rings. The molecule has 0 spiro atoms. The van der Waals surface area contributed by atoms with Crippen LogP contribution < -0.4 is 4.72 Å². The molecular weight excluding hydrogens is 387 g/mol. The predicted molar refractivity (Wildman–Crippen MR) is 101 cm³/mol. The summed E-state index contributed by atoms with van der Waals surface area (Å²) < 4.78 is 47.1. The summed E-state index contributed by atoms with van der Waals surface area (Å²) in [6, 6.07) is 9.77. The second-order valence-electron chi connectivity index (χ2n) is 6.93. The SMILES string of the molecule is Cc1ccc([N+](=O)[O-])cc1S(=O)(=O)NCC1(c2ccc(F)cc2)CCOCC1. The first-order valence-electron chi connectivity index (χ1n) is 8.82. The van der Waals surface area contributed by atoms with Crippen LogP contribution in [-0.2, 0) is 20.2 Å². The number of sulfonamides is 1. The largest absolute Gasteiger partial charge is 0.381 e. The number of non-ortho nitro benzene ring substituents is 1. The Bertz CT molecular complexity index is 970. The molecule has 0 saturated carbocycles. The van der Waals surface area contributed by atoms with E-state index in [1.807, 2.05) is 0 Å². The number of nitro benzene ring substituents is 1. The number of aryl methyl sites for hydroxylation is 1. The van der Waals surface area contributed by atoms with Gasteiger partial charge in [-0.15, -0.1) is 0 Å². The molecular formula is C19H21FN2O5S. The van der Waals surface area contributed by atoms with Gasteiger partial charge < -0.3 is 4.74 Å². The molecule has 0 atom stereocenters. The van der Waals surface area contributed by atoms with E-state index in [4.69, 9.17) is 4.74 Å². The van der Waals surface area contributed by atoms with Crippen molar-refractivity contribution >= 4 is 15.7 Å². The van der Waals surface area contributed by atoms with Crippen LogP contribution in [0.5, 0.6) is 0 Å². The van der Waals surface area contributed by atoms with Crippen molar-refractivity contribution < 1.29 is 22.5 Å². The summed E-state index contributed by atoms with van der Waals surface area (Å²) in [5.41, 5.74) is 0.426. The van der Waals surface area contributed by atoms with Crippen molar-refractivity contribution in [1.29, 1.82) is 0 Å². The van der Waals surface area contributed by atoms with Crippen LogP contribution in [0.3, 0.4) is 0 Å². The second-order valence-corrected chi connectivity index (χ2v) is 8.67. The third-order valence-electron chi connectivity index (χ3n) is 5.18. The molecule has 0 aromatic heterocycles. The summed E-state index contributed by atoms with van der Waals surface area (Å²) in [4.78, 5) is 10.3. The lowest BCUT2D eigenvalue weighted by Gasteiger charge is -2.38. The lowest BCUT2D eigenvalue weighted by Crippen LogP contribution is -2.44. The molecule has 1 N–H and O–H groups in total. The number of nitrogens with one attached hydrogen (secondary N) is 1. The topological polar surface area (TPSA) is 98.5 Å². The Morgan fingerprint density at radius 1 is 1.18 bits per heavy atom. The van der Waals surface area contributed by atoms with Crippen LogP contribution in [0, 0.1) is 22.9 Å². The van der Waals surface area contributed by atoms with Gasteiger partial charge in [0.05, 0.1) is 9.82 Å². The van der Waals surface area contributed by atoms with Crippen molar-refractivity contribution in [3.8, 4) is 0 Å². The van der Waals surface area contributed by atoms with Gasteiger partial charge in [0, 0.05) is 37.3 Å². The summed E-state index contributed by atoms with van der Waals surface area (Å²) in [5.74, 6) is -0.362. The average Bonchev–Trinajstić information content (AvgIpc) is 2.68. The van der Waals surface area contributed by atoms with Gasteiger partial charge in [-0.2, -0.15) is 0 Å². The lowest BCUT2D eigenvalue weighted by atomic mass is 9.74. The molecule has 0 unspecified atom stereocenters. The molecule has 0 amide bonds. The van der Waals surface area contributed by atoms with Gasteiger partial charge in [-0.1, -0.05) is 18.2 Å². The van der Waals surface area contributed by atoms with E-state index in [-0.39, 0.29) is 22.9 Å². The molecule has 1 aliphatic heterocycles. The van der Waals surface area contributed by atoms with Gasteiger partial charge in [0.15, 0.2) is 0 Å². The highest BCUT2D eigenvalue weighted by Gasteiger charge is 2.36. The second kappa shape index (κ2) is 7.94. The summed E-state index contributed by atoms with van der Waals surface area (Å²) >= 11 is 0. The number of halogens is 1. The van der Waals surface area contributed by atoms with Gasteiger partial charge in [-0.25, -0.2) is 17.5 Å². The van der Waals surface area contributed by atoms with Crippen LogP contribution in [0.1, 0.15) is 24.0 Å². The minimum Gasteiger partial charge on any atom is -0.381 e. The number of hydrogen-bond acceptors (Lipinski definition) is 5. The van der Waals surface area contributed by atoms with Crippen LogP contribution >= 0.6 is 0 Å². The van der Waals surface area contributed by atoms with Crippen molar-refractivity contribution in [2.24, 2.45) is 0 Å². The quantitative estimate of drug-likeness (QED) is 0.585. The summed E-state index contributed by atoms with van der Waals surface area (Å²) in [7, 11) is -3.97. The zero-order valence-corrected chi connectivity index (χ0v) is 16.2. The van der Waals surface area contributed by atoms with E-state index in [0.717, 1.165) is 11.6 Å². The minimum atomic E-state index is -3.97. The number of hydrogen-bond donors (Lipinski definition) is 1. The molecule has 150 valence electrons. The summed E-state index contributed by atoms with van der Waals surface area (Å²) in [6.07, 6.45) is 1.16. The molecule has 0 bridgehead atoms. The molecule has 2 aromatic carbocycles. The smallest absolute Gasteiger partial charge is 0.270 e. The van der Waals surface area contributed by atoms with Crippen LogP contribution in [0.4, 0.5) is 10.1 Å². The summed E-state index contributed by atoms with van der Waals surface area (Å²) in [6.45, 7) is 2.61. The number of nitro groups is 1. The maximum absolute atomic E-state index is 13.3. The third kappa shape index (κ3) is 4.21. The van der Waals surface area contributed by atoms with Crippen molar-refractivity contribution in [1.82, 2.24) is 4.72 Å². The highest BCUT2D eigenvalue weighted by molar-refractivity contribution is 7.89. The van der Waals surface area contributed by atoms with E-state index in [0.29, 0.717) is 31.6 Å². The van der Waals surface area contributed by atoms with E-state index >= 15 is 0 Å². The van der Waals surface area contributed by atoms with E-state index in [1.54, 1.807) is 19.1 Å². The van der Waals surface area contributed by atoms with Gasteiger partial charge in [-0.05, 0) is 43.0 Å². The molecule has 0 aliphatic carbocycles. The molecule has 0 radical (unpaired) electrons. The fourth-order valence-electron chi connectivity index (χ4n) is 3.44. The van der Waals surface area contributed by atoms with Gasteiger partial charge in [0.2, 0.25) is 10.0 Å². The molecule has 7 nitrogen and oxygen atoms in total. The van der Waals surface area contributed by atoms with Gasteiger partial charge in [0.25, 0.3) is 5.69 Å². The lowest BCUT2D eigenvalue weighted by molar-refractivity contribution is -0.385. The maximum atomic E-state index is 13.3. The zero-order chi connectivity index (χ0) is 20.4. The molecule has 1 heterocycles. The first-order valence-corrected chi connectivity index (χ1v) is 10.3. The van der Waals surface area contributed by atoms with Crippen LogP contribution in [0.15, 0.2) is 47.4 Å². The fraction of sp³-hybridized carbons (Fsp3) is 0.368. The van der Waals surface area contributed by atoms with E-state index in [1.165, 1.54) is 24.3 Å². The van der Waals surface area contributed by atoms with E-state index in [9.17, 15) is 22.9 Å². The minimum absolute atomic E-state index is 0.0897. The van der Waals surface area contributed by atoms with E-state index < -0.39 is 20.4 Å². The number of nitrogens with zero attached hydrogens (tertiary/aromatic N) is 1. The Morgan fingerprint density at radius 2 is 1.82 bits per heavy atom. The molecule has 2 aromatic rings. The number of rotatable bonds is 6. The third-order valence-corrected chi connectivity index (χ3v) is 6.72. The van der Waals surface area contributed by atoms with E-state index in [2.05, 4.69) is 4.72 Å². The first kappa shape index (κ1) is 20.4. The first-order chi connectivity index (χ1) is 13.2. The fourth-order valence-corrected chi connectivity index (χ4v) is 4.83. The van der Waals surface area contributed by atoms with Crippen LogP contribution in [-0.4, -0.2) is 33.1 Å². The van der Waals surface area contributed by atoms with Crippen molar-refractivity contribution in [3.05, 3.63) is 69.5 Å². The zero-order valence-electron chi connectivity index (χ0n) is 15.4. The molecule has 1 aliphatic rings. The van der Waals surface area contributed by atoms with Crippen molar-refractivity contribution in [3.63, 3.8) is 0 Å². The Kier molecular flexibility index (Phi) is 5.78. The normalized spacial score (nSPS) is 16.6.